The fraction of sp³-hybridized carbons (Fsp3) is 0.571. The molecule has 0 radical (unpaired) electrons. The lowest BCUT2D eigenvalue weighted by Gasteiger charge is -2.15. The number of rotatable bonds is 4. The van der Waals surface area contributed by atoms with Gasteiger partial charge in [-0.2, -0.15) is 0 Å². The standard InChI is InChI=1S/C14H21N5O2/c1-9(2)10-7-11(18-14(15)17-10)13(21)16-8-12(20)19-5-3-4-6-19/h7,9H,3-6,8H2,1-2H3,(H,16,21)(H2,15,17,18). The van der Waals surface area contributed by atoms with E-state index in [1.54, 1.807) is 11.0 Å². The summed E-state index contributed by atoms with van der Waals surface area (Å²) in [5, 5.41) is 2.59. The number of likely N-dealkylation sites (tertiary alicyclic amines) is 1. The monoisotopic (exact) mass is 291 g/mol. The summed E-state index contributed by atoms with van der Waals surface area (Å²) in [6.45, 7) is 5.44. The molecule has 2 heterocycles. The molecule has 1 aromatic heterocycles. The zero-order chi connectivity index (χ0) is 15.4. The van der Waals surface area contributed by atoms with Gasteiger partial charge in [0.25, 0.3) is 5.91 Å². The first kappa shape index (κ1) is 15.2. The number of nitrogens with one attached hydrogen (secondary N) is 1. The van der Waals surface area contributed by atoms with Gasteiger partial charge in [0.05, 0.1) is 6.54 Å². The van der Waals surface area contributed by atoms with Crippen LogP contribution in [0.15, 0.2) is 6.07 Å². The Morgan fingerprint density at radius 1 is 1.33 bits per heavy atom. The highest BCUT2D eigenvalue weighted by atomic mass is 16.2. The molecule has 1 aliphatic heterocycles. The van der Waals surface area contributed by atoms with Crippen molar-refractivity contribution in [2.75, 3.05) is 25.4 Å². The van der Waals surface area contributed by atoms with E-state index in [9.17, 15) is 9.59 Å². The fourth-order valence-corrected chi connectivity index (χ4v) is 2.22. The van der Waals surface area contributed by atoms with Crippen LogP contribution in [0.5, 0.6) is 0 Å². The molecule has 0 aliphatic carbocycles. The topological polar surface area (TPSA) is 101 Å². The third-order valence-corrected chi connectivity index (χ3v) is 3.45. The van der Waals surface area contributed by atoms with Gasteiger partial charge in [0, 0.05) is 18.8 Å². The molecule has 1 aromatic rings. The van der Waals surface area contributed by atoms with Crippen LogP contribution in [0.2, 0.25) is 0 Å². The molecule has 0 atom stereocenters. The van der Waals surface area contributed by atoms with E-state index in [-0.39, 0.29) is 30.0 Å². The molecule has 1 saturated heterocycles. The van der Waals surface area contributed by atoms with Crippen LogP contribution >= 0.6 is 0 Å². The van der Waals surface area contributed by atoms with Crippen molar-refractivity contribution < 1.29 is 9.59 Å². The fourth-order valence-electron chi connectivity index (χ4n) is 2.22. The summed E-state index contributed by atoms with van der Waals surface area (Å²) in [5.41, 5.74) is 6.51. The van der Waals surface area contributed by atoms with Gasteiger partial charge in [-0.25, -0.2) is 9.97 Å². The van der Waals surface area contributed by atoms with E-state index in [1.165, 1.54) is 0 Å². The highest BCUT2D eigenvalue weighted by Gasteiger charge is 2.19. The maximum absolute atomic E-state index is 12.1. The molecule has 2 amide bonds. The maximum atomic E-state index is 12.1. The van der Waals surface area contributed by atoms with Crippen molar-refractivity contribution in [1.82, 2.24) is 20.2 Å². The van der Waals surface area contributed by atoms with Crippen LogP contribution in [0.4, 0.5) is 5.95 Å². The Hall–Kier alpha value is -2.18. The predicted octanol–water partition coefficient (Wildman–Crippen LogP) is 0.534. The van der Waals surface area contributed by atoms with Gasteiger partial charge in [-0.05, 0) is 24.8 Å². The third kappa shape index (κ3) is 3.90. The number of anilines is 1. The van der Waals surface area contributed by atoms with Gasteiger partial charge < -0.3 is 16.0 Å². The summed E-state index contributed by atoms with van der Waals surface area (Å²) in [4.78, 5) is 33.7. The Morgan fingerprint density at radius 3 is 2.62 bits per heavy atom. The minimum Gasteiger partial charge on any atom is -0.368 e. The van der Waals surface area contributed by atoms with Gasteiger partial charge in [0.1, 0.15) is 5.69 Å². The molecule has 114 valence electrons. The zero-order valence-electron chi connectivity index (χ0n) is 12.4. The van der Waals surface area contributed by atoms with E-state index in [0.717, 1.165) is 25.9 Å². The lowest BCUT2D eigenvalue weighted by Crippen LogP contribution is -2.39. The number of carbonyl (C=O) groups excluding carboxylic acids is 2. The van der Waals surface area contributed by atoms with Gasteiger partial charge in [-0.3, -0.25) is 9.59 Å². The number of nitrogen functional groups attached to an aromatic ring is 1. The van der Waals surface area contributed by atoms with Crippen molar-refractivity contribution in [3.63, 3.8) is 0 Å². The van der Waals surface area contributed by atoms with Crippen molar-refractivity contribution in [3.05, 3.63) is 17.5 Å². The minimum atomic E-state index is -0.404. The van der Waals surface area contributed by atoms with E-state index in [4.69, 9.17) is 5.73 Å². The van der Waals surface area contributed by atoms with E-state index < -0.39 is 5.91 Å². The van der Waals surface area contributed by atoms with Gasteiger partial charge in [0.15, 0.2) is 0 Å². The molecular formula is C14H21N5O2. The Morgan fingerprint density at radius 2 is 2.00 bits per heavy atom. The summed E-state index contributed by atoms with van der Waals surface area (Å²) >= 11 is 0. The van der Waals surface area contributed by atoms with Crippen molar-refractivity contribution in [1.29, 1.82) is 0 Å². The first-order chi connectivity index (χ1) is 9.97. The van der Waals surface area contributed by atoms with E-state index >= 15 is 0 Å². The molecule has 21 heavy (non-hydrogen) atoms. The average Bonchev–Trinajstić information content (AvgIpc) is 2.97. The molecule has 0 aromatic carbocycles. The summed E-state index contributed by atoms with van der Waals surface area (Å²) in [6.07, 6.45) is 2.06. The highest BCUT2D eigenvalue weighted by Crippen LogP contribution is 2.13. The van der Waals surface area contributed by atoms with E-state index in [0.29, 0.717) is 5.69 Å². The van der Waals surface area contributed by atoms with Crippen LogP contribution in [-0.4, -0.2) is 46.3 Å². The molecule has 0 spiro atoms. The number of hydrogen-bond acceptors (Lipinski definition) is 5. The first-order valence-corrected chi connectivity index (χ1v) is 7.18. The van der Waals surface area contributed by atoms with Crippen LogP contribution in [0.25, 0.3) is 0 Å². The first-order valence-electron chi connectivity index (χ1n) is 7.18. The largest absolute Gasteiger partial charge is 0.368 e. The lowest BCUT2D eigenvalue weighted by molar-refractivity contribution is -0.129. The maximum Gasteiger partial charge on any atom is 0.270 e. The Bertz CT molecular complexity index is 538. The Balaban J connectivity index is 1.98. The molecule has 0 saturated carbocycles. The zero-order valence-corrected chi connectivity index (χ0v) is 12.4. The van der Waals surface area contributed by atoms with Gasteiger partial charge in [-0.1, -0.05) is 13.8 Å². The molecule has 0 unspecified atom stereocenters. The molecule has 7 nitrogen and oxygen atoms in total. The van der Waals surface area contributed by atoms with Crippen molar-refractivity contribution in [2.45, 2.75) is 32.6 Å². The summed E-state index contributed by atoms with van der Waals surface area (Å²) in [7, 11) is 0. The molecule has 0 bridgehead atoms. The number of hydrogen-bond donors (Lipinski definition) is 2. The highest BCUT2D eigenvalue weighted by molar-refractivity contribution is 5.95. The molecule has 3 N–H and O–H groups in total. The number of nitrogens with two attached hydrogens (primary N) is 1. The number of carbonyl (C=O) groups is 2. The van der Waals surface area contributed by atoms with Crippen LogP contribution in [0.3, 0.4) is 0 Å². The molecule has 7 heteroatoms. The predicted molar refractivity (Wildman–Crippen MR) is 78.7 cm³/mol. The second-order valence-electron chi connectivity index (χ2n) is 5.46. The van der Waals surface area contributed by atoms with Crippen LogP contribution in [0.1, 0.15) is 48.8 Å². The van der Waals surface area contributed by atoms with Crippen molar-refractivity contribution in [3.8, 4) is 0 Å². The number of aromatic nitrogens is 2. The Kier molecular flexibility index (Phi) is 4.72. The normalized spacial score (nSPS) is 14.5. The SMILES string of the molecule is CC(C)c1cc(C(=O)NCC(=O)N2CCCC2)nc(N)n1. The van der Waals surface area contributed by atoms with E-state index in [2.05, 4.69) is 15.3 Å². The van der Waals surface area contributed by atoms with Crippen LogP contribution < -0.4 is 11.1 Å². The smallest absolute Gasteiger partial charge is 0.270 e. The molecule has 1 aliphatic rings. The average molecular weight is 291 g/mol. The van der Waals surface area contributed by atoms with Crippen molar-refractivity contribution >= 4 is 17.8 Å². The number of amides is 2. The summed E-state index contributed by atoms with van der Waals surface area (Å²) in [5.74, 6) is -0.254. The van der Waals surface area contributed by atoms with Crippen LogP contribution in [0, 0.1) is 0 Å². The quantitative estimate of drug-likeness (QED) is 0.843. The second-order valence-corrected chi connectivity index (χ2v) is 5.46. The lowest BCUT2D eigenvalue weighted by atomic mass is 10.1. The third-order valence-electron chi connectivity index (χ3n) is 3.45. The van der Waals surface area contributed by atoms with Gasteiger partial charge in [-0.15, -0.1) is 0 Å². The van der Waals surface area contributed by atoms with Crippen LogP contribution in [-0.2, 0) is 4.79 Å². The van der Waals surface area contributed by atoms with Crippen molar-refractivity contribution in [2.24, 2.45) is 0 Å². The molecule has 2 rings (SSSR count). The minimum absolute atomic E-state index is 0.0141. The van der Waals surface area contributed by atoms with Gasteiger partial charge in [0.2, 0.25) is 11.9 Å². The summed E-state index contributed by atoms with van der Waals surface area (Å²) < 4.78 is 0. The Labute approximate surface area is 123 Å². The second kappa shape index (κ2) is 6.51. The molecule has 1 fully saturated rings. The van der Waals surface area contributed by atoms with Gasteiger partial charge >= 0.3 is 0 Å². The number of nitrogens with zero attached hydrogens (tertiary/aromatic N) is 3. The summed E-state index contributed by atoms with van der Waals surface area (Å²) in [6, 6.07) is 1.61. The molecular weight excluding hydrogens is 270 g/mol. The van der Waals surface area contributed by atoms with E-state index in [1.807, 2.05) is 13.8 Å².